The third-order valence-electron chi connectivity index (χ3n) is 2.38. The van der Waals surface area contributed by atoms with E-state index in [4.69, 9.17) is 0 Å². The van der Waals surface area contributed by atoms with Gasteiger partial charge in [-0.05, 0) is 27.2 Å². The number of carbonyl (C=O) groups excluding carboxylic acids is 1. The van der Waals surface area contributed by atoms with Crippen LogP contribution in [0.5, 0.6) is 0 Å². The lowest BCUT2D eigenvalue weighted by Crippen LogP contribution is -2.38. The van der Waals surface area contributed by atoms with Gasteiger partial charge >= 0.3 is 0 Å². The average Bonchev–Trinajstić information content (AvgIpc) is 2.75. The molecule has 0 aliphatic carbocycles. The maximum absolute atomic E-state index is 11.5. The van der Waals surface area contributed by atoms with Gasteiger partial charge in [-0.2, -0.15) is 5.10 Å². The zero-order valence-corrected chi connectivity index (χ0v) is 11.4. The number of carbonyl (C=O) groups is 1. The number of hydrogen-bond acceptors (Lipinski definition) is 4. The largest absolute Gasteiger partial charge is 0.356 e. The van der Waals surface area contributed by atoms with Crippen LogP contribution in [0.4, 0.5) is 0 Å². The molecule has 102 valence electrons. The molecule has 6 heteroatoms. The summed E-state index contributed by atoms with van der Waals surface area (Å²) in [6.45, 7) is 7.64. The predicted octanol–water partition coefficient (Wildman–Crippen LogP) is 0.632. The summed E-state index contributed by atoms with van der Waals surface area (Å²) in [5.41, 5.74) is 0.0621. The zero-order valence-electron chi connectivity index (χ0n) is 11.4. The van der Waals surface area contributed by atoms with Crippen molar-refractivity contribution >= 4 is 5.91 Å². The van der Waals surface area contributed by atoms with Crippen molar-refractivity contribution in [3.63, 3.8) is 0 Å². The average molecular weight is 253 g/mol. The Morgan fingerprint density at radius 3 is 2.78 bits per heavy atom. The van der Waals surface area contributed by atoms with Crippen molar-refractivity contribution in [3.05, 3.63) is 12.2 Å². The molecule has 1 aromatic rings. The summed E-state index contributed by atoms with van der Waals surface area (Å²) in [4.78, 5) is 15.5. The third kappa shape index (κ3) is 7.01. The van der Waals surface area contributed by atoms with Crippen LogP contribution in [0.3, 0.4) is 0 Å². The first-order valence-electron chi connectivity index (χ1n) is 6.33. The van der Waals surface area contributed by atoms with Gasteiger partial charge in [0.15, 0.2) is 0 Å². The summed E-state index contributed by atoms with van der Waals surface area (Å²) < 4.78 is 0. The van der Waals surface area contributed by atoms with Crippen LogP contribution in [0, 0.1) is 0 Å². The topological polar surface area (TPSA) is 82.7 Å². The van der Waals surface area contributed by atoms with Crippen LogP contribution in [-0.2, 0) is 11.2 Å². The van der Waals surface area contributed by atoms with Gasteiger partial charge < -0.3 is 10.6 Å². The van der Waals surface area contributed by atoms with Crippen LogP contribution in [0.15, 0.2) is 6.33 Å². The second kappa shape index (κ2) is 7.10. The number of amides is 1. The van der Waals surface area contributed by atoms with Gasteiger partial charge in [-0.1, -0.05) is 0 Å². The van der Waals surface area contributed by atoms with Gasteiger partial charge in [-0.15, -0.1) is 0 Å². The van der Waals surface area contributed by atoms with Crippen molar-refractivity contribution in [2.24, 2.45) is 0 Å². The van der Waals surface area contributed by atoms with Gasteiger partial charge in [0.05, 0.1) is 0 Å². The minimum atomic E-state index is 0.0621. The molecule has 0 spiro atoms. The molecule has 0 saturated carbocycles. The van der Waals surface area contributed by atoms with E-state index in [1.54, 1.807) is 0 Å². The smallest absolute Gasteiger partial charge is 0.221 e. The van der Waals surface area contributed by atoms with Crippen LogP contribution in [-0.4, -0.2) is 39.7 Å². The Balaban J connectivity index is 2.00. The van der Waals surface area contributed by atoms with Crippen molar-refractivity contribution < 1.29 is 4.79 Å². The highest BCUT2D eigenvalue weighted by molar-refractivity contribution is 5.75. The van der Waals surface area contributed by atoms with Gasteiger partial charge in [0, 0.05) is 31.5 Å². The van der Waals surface area contributed by atoms with Crippen LogP contribution in [0.25, 0.3) is 0 Å². The summed E-state index contributed by atoms with van der Waals surface area (Å²) in [6.07, 6.45) is 3.68. The van der Waals surface area contributed by atoms with E-state index in [9.17, 15) is 4.79 Å². The normalized spacial score (nSPS) is 11.5. The molecule has 3 N–H and O–H groups in total. The van der Waals surface area contributed by atoms with E-state index in [-0.39, 0.29) is 11.4 Å². The first kappa shape index (κ1) is 14.6. The van der Waals surface area contributed by atoms with E-state index in [2.05, 4.69) is 46.6 Å². The van der Waals surface area contributed by atoms with E-state index in [0.717, 1.165) is 18.7 Å². The van der Waals surface area contributed by atoms with E-state index in [1.807, 2.05) is 0 Å². The fourth-order valence-corrected chi connectivity index (χ4v) is 1.47. The molecule has 1 aromatic heterocycles. The van der Waals surface area contributed by atoms with Gasteiger partial charge in [-0.3, -0.25) is 9.89 Å². The zero-order chi connectivity index (χ0) is 13.4. The predicted molar refractivity (Wildman–Crippen MR) is 70.1 cm³/mol. The molecule has 0 aliphatic heterocycles. The quantitative estimate of drug-likeness (QED) is 0.622. The lowest BCUT2D eigenvalue weighted by Gasteiger charge is -2.20. The molecular weight excluding hydrogens is 230 g/mol. The highest BCUT2D eigenvalue weighted by Crippen LogP contribution is 1.98. The Labute approximate surface area is 108 Å². The number of nitrogens with zero attached hydrogens (tertiary/aromatic N) is 2. The van der Waals surface area contributed by atoms with Crippen molar-refractivity contribution in [3.8, 4) is 0 Å². The van der Waals surface area contributed by atoms with Crippen LogP contribution in [0.2, 0.25) is 0 Å². The molecule has 1 heterocycles. The molecule has 1 amide bonds. The lowest BCUT2D eigenvalue weighted by molar-refractivity contribution is -0.121. The van der Waals surface area contributed by atoms with E-state index < -0.39 is 0 Å². The molecule has 0 atom stereocenters. The highest BCUT2D eigenvalue weighted by Gasteiger charge is 2.09. The van der Waals surface area contributed by atoms with E-state index in [1.165, 1.54) is 6.33 Å². The SMILES string of the molecule is CC(C)(C)NCCC(=O)NCCCc1ncn[nH]1. The summed E-state index contributed by atoms with van der Waals surface area (Å²) in [6, 6.07) is 0. The first-order valence-corrected chi connectivity index (χ1v) is 6.33. The summed E-state index contributed by atoms with van der Waals surface area (Å²) >= 11 is 0. The van der Waals surface area contributed by atoms with Crippen LogP contribution < -0.4 is 10.6 Å². The summed E-state index contributed by atoms with van der Waals surface area (Å²) in [7, 11) is 0. The minimum Gasteiger partial charge on any atom is -0.356 e. The molecule has 1 rings (SSSR count). The molecule has 0 unspecified atom stereocenters. The molecule has 0 aromatic carbocycles. The molecular formula is C12H23N5O. The Morgan fingerprint density at radius 1 is 1.39 bits per heavy atom. The van der Waals surface area contributed by atoms with Crippen LogP contribution >= 0.6 is 0 Å². The first-order chi connectivity index (χ1) is 8.47. The molecule has 0 bridgehead atoms. The summed E-state index contributed by atoms with van der Waals surface area (Å²) in [5, 5.41) is 12.7. The number of nitrogens with one attached hydrogen (secondary N) is 3. The Hall–Kier alpha value is -1.43. The third-order valence-corrected chi connectivity index (χ3v) is 2.38. The number of aryl methyl sites for hydroxylation is 1. The second-order valence-electron chi connectivity index (χ2n) is 5.31. The molecule has 0 fully saturated rings. The van der Waals surface area contributed by atoms with Gasteiger partial charge in [-0.25, -0.2) is 4.98 Å². The standard InChI is InChI=1S/C12H23N5O/c1-12(2,3)15-8-6-11(18)13-7-4-5-10-14-9-16-17-10/h9,15H,4-8H2,1-3H3,(H,13,18)(H,14,16,17). The van der Waals surface area contributed by atoms with Gasteiger partial charge in [0.1, 0.15) is 12.2 Å². The summed E-state index contributed by atoms with van der Waals surface area (Å²) in [5.74, 6) is 0.947. The Morgan fingerprint density at radius 2 is 2.17 bits per heavy atom. The number of rotatable bonds is 7. The van der Waals surface area contributed by atoms with Crippen molar-refractivity contribution in [2.75, 3.05) is 13.1 Å². The highest BCUT2D eigenvalue weighted by atomic mass is 16.1. The molecule has 0 aliphatic rings. The number of H-pyrrole nitrogens is 1. The van der Waals surface area contributed by atoms with Gasteiger partial charge in [0.2, 0.25) is 5.91 Å². The Bertz CT molecular complexity index is 342. The van der Waals surface area contributed by atoms with Crippen LogP contribution in [0.1, 0.15) is 39.4 Å². The molecule has 0 saturated heterocycles. The fourth-order valence-electron chi connectivity index (χ4n) is 1.47. The maximum Gasteiger partial charge on any atom is 0.221 e. The maximum atomic E-state index is 11.5. The molecule has 6 nitrogen and oxygen atoms in total. The molecule has 0 radical (unpaired) electrons. The van der Waals surface area contributed by atoms with E-state index in [0.29, 0.717) is 19.5 Å². The number of aromatic nitrogens is 3. The Kier molecular flexibility index (Phi) is 5.77. The van der Waals surface area contributed by atoms with E-state index >= 15 is 0 Å². The number of aromatic amines is 1. The van der Waals surface area contributed by atoms with Crippen molar-refractivity contribution in [2.45, 2.75) is 45.6 Å². The second-order valence-corrected chi connectivity index (χ2v) is 5.31. The van der Waals surface area contributed by atoms with Gasteiger partial charge in [0.25, 0.3) is 0 Å². The van der Waals surface area contributed by atoms with Crippen molar-refractivity contribution in [1.29, 1.82) is 0 Å². The monoisotopic (exact) mass is 253 g/mol. The minimum absolute atomic E-state index is 0.0621. The lowest BCUT2D eigenvalue weighted by atomic mass is 10.1. The number of hydrogen-bond donors (Lipinski definition) is 3. The molecule has 18 heavy (non-hydrogen) atoms. The van der Waals surface area contributed by atoms with Crippen molar-refractivity contribution in [1.82, 2.24) is 25.8 Å². The fraction of sp³-hybridized carbons (Fsp3) is 0.750.